The van der Waals surface area contributed by atoms with Crippen molar-refractivity contribution in [2.75, 3.05) is 39.8 Å². The van der Waals surface area contributed by atoms with Crippen molar-refractivity contribution in [2.45, 2.75) is 32.7 Å². The predicted molar refractivity (Wildman–Crippen MR) is 66.4 cm³/mol. The van der Waals surface area contributed by atoms with E-state index >= 15 is 0 Å². The fourth-order valence-electron chi connectivity index (χ4n) is 2.13. The van der Waals surface area contributed by atoms with E-state index in [0.717, 1.165) is 45.6 Å². The Morgan fingerprint density at radius 1 is 1.44 bits per heavy atom. The maximum Gasteiger partial charge on any atom is 0.239 e. The smallest absolute Gasteiger partial charge is 0.239 e. The Morgan fingerprint density at radius 3 is 2.62 bits per heavy atom. The van der Waals surface area contributed by atoms with Crippen LogP contribution in [0.25, 0.3) is 0 Å². The Labute approximate surface area is 99.0 Å². The van der Waals surface area contributed by atoms with Crippen LogP contribution in [0.1, 0.15) is 26.7 Å². The van der Waals surface area contributed by atoms with E-state index in [1.165, 1.54) is 0 Å². The van der Waals surface area contributed by atoms with Gasteiger partial charge < -0.3 is 15.1 Å². The third-order valence-corrected chi connectivity index (χ3v) is 3.36. The molecule has 4 nitrogen and oxygen atoms in total. The molecule has 0 spiro atoms. The zero-order valence-corrected chi connectivity index (χ0v) is 10.8. The van der Waals surface area contributed by atoms with Gasteiger partial charge in [-0.15, -0.1) is 0 Å². The van der Waals surface area contributed by atoms with Crippen LogP contribution in [-0.4, -0.2) is 61.5 Å². The summed E-state index contributed by atoms with van der Waals surface area (Å²) in [5.41, 5.74) is 0. The third kappa shape index (κ3) is 3.76. The molecule has 1 saturated heterocycles. The molecule has 1 aliphatic heterocycles. The molecule has 1 rings (SSSR count). The van der Waals surface area contributed by atoms with Gasteiger partial charge in [0.2, 0.25) is 5.91 Å². The molecule has 94 valence electrons. The number of hydrogen-bond acceptors (Lipinski definition) is 3. The maximum atomic E-state index is 11.6. The maximum absolute atomic E-state index is 11.6. The summed E-state index contributed by atoms with van der Waals surface area (Å²) in [6, 6.07) is 0.0710. The average Bonchev–Trinajstić information content (AvgIpc) is 2.61. The molecule has 1 fully saturated rings. The summed E-state index contributed by atoms with van der Waals surface area (Å²) >= 11 is 0. The first kappa shape index (κ1) is 13.5. The molecule has 1 amide bonds. The summed E-state index contributed by atoms with van der Waals surface area (Å²) in [6.07, 6.45) is 2.08. The van der Waals surface area contributed by atoms with Gasteiger partial charge in [-0.2, -0.15) is 0 Å². The minimum Gasteiger partial charge on any atom is -0.344 e. The van der Waals surface area contributed by atoms with Crippen LogP contribution < -0.4 is 5.32 Å². The van der Waals surface area contributed by atoms with E-state index in [0.29, 0.717) is 0 Å². The molecule has 16 heavy (non-hydrogen) atoms. The number of likely N-dealkylation sites (tertiary alicyclic amines) is 1. The van der Waals surface area contributed by atoms with Crippen molar-refractivity contribution >= 4 is 5.91 Å². The number of nitrogens with one attached hydrogen (secondary N) is 1. The number of carbonyl (C=O) groups is 1. The zero-order valence-electron chi connectivity index (χ0n) is 10.8. The first-order chi connectivity index (χ1) is 7.69. The highest BCUT2D eigenvalue weighted by atomic mass is 16.2. The summed E-state index contributed by atoms with van der Waals surface area (Å²) in [6.45, 7) is 9.56. The van der Waals surface area contributed by atoms with Crippen LogP contribution in [0.5, 0.6) is 0 Å². The van der Waals surface area contributed by atoms with Crippen LogP contribution in [-0.2, 0) is 4.79 Å². The lowest BCUT2D eigenvalue weighted by Gasteiger charge is -2.18. The molecule has 0 aliphatic carbocycles. The lowest BCUT2D eigenvalue weighted by Crippen LogP contribution is -2.38. The molecule has 1 heterocycles. The van der Waals surface area contributed by atoms with E-state index in [9.17, 15) is 4.79 Å². The number of carbonyl (C=O) groups excluding carboxylic acids is 1. The zero-order chi connectivity index (χ0) is 12.0. The third-order valence-electron chi connectivity index (χ3n) is 3.36. The van der Waals surface area contributed by atoms with E-state index in [1.807, 2.05) is 11.9 Å². The highest BCUT2D eigenvalue weighted by molar-refractivity contribution is 5.83. The molecule has 0 bridgehead atoms. The predicted octanol–water partition coefficient (Wildman–Crippen LogP) is 0.539. The van der Waals surface area contributed by atoms with Gasteiger partial charge in [0, 0.05) is 13.6 Å². The van der Waals surface area contributed by atoms with Gasteiger partial charge in [-0.3, -0.25) is 4.79 Å². The molecule has 1 aliphatic rings. The van der Waals surface area contributed by atoms with Gasteiger partial charge in [0.25, 0.3) is 0 Å². The van der Waals surface area contributed by atoms with Crippen molar-refractivity contribution in [2.24, 2.45) is 0 Å². The minimum atomic E-state index is 0.0710. The molecule has 4 heteroatoms. The molecule has 0 aromatic carbocycles. The summed E-state index contributed by atoms with van der Waals surface area (Å²) in [7, 11) is 1.87. The van der Waals surface area contributed by atoms with Crippen LogP contribution in [0, 0.1) is 0 Å². The van der Waals surface area contributed by atoms with E-state index in [2.05, 4.69) is 24.1 Å². The summed E-state index contributed by atoms with van der Waals surface area (Å²) < 4.78 is 0. The van der Waals surface area contributed by atoms with Crippen molar-refractivity contribution < 1.29 is 4.79 Å². The van der Waals surface area contributed by atoms with Crippen LogP contribution >= 0.6 is 0 Å². The highest BCUT2D eigenvalue weighted by Crippen LogP contribution is 2.08. The molecular weight excluding hydrogens is 202 g/mol. The quantitative estimate of drug-likeness (QED) is 0.645. The van der Waals surface area contributed by atoms with Gasteiger partial charge in [0.15, 0.2) is 0 Å². The van der Waals surface area contributed by atoms with Crippen LogP contribution in [0.15, 0.2) is 0 Å². The van der Waals surface area contributed by atoms with Gasteiger partial charge in [-0.1, -0.05) is 13.8 Å². The van der Waals surface area contributed by atoms with E-state index in [4.69, 9.17) is 0 Å². The first-order valence-electron chi connectivity index (χ1n) is 6.39. The van der Waals surface area contributed by atoms with Crippen molar-refractivity contribution in [3.05, 3.63) is 0 Å². The molecule has 0 saturated carbocycles. The van der Waals surface area contributed by atoms with Gasteiger partial charge in [-0.25, -0.2) is 0 Å². The first-order valence-corrected chi connectivity index (χ1v) is 6.39. The normalized spacial score (nSPS) is 21.1. The SMILES string of the molecule is CCN(CC)CCCNC1CCN(C)C1=O. The Bertz CT molecular complexity index is 216. The van der Waals surface area contributed by atoms with E-state index in [-0.39, 0.29) is 11.9 Å². The molecule has 1 unspecified atom stereocenters. The second-order valence-electron chi connectivity index (χ2n) is 4.44. The van der Waals surface area contributed by atoms with Crippen LogP contribution in [0.3, 0.4) is 0 Å². The Kier molecular flexibility index (Phi) is 5.77. The highest BCUT2D eigenvalue weighted by Gasteiger charge is 2.27. The number of amides is 1. The second kappa shape index (κ2) is 6.86. The van der Waals surface area contributed by atoms with E-state index < -0.39 is 0 Å². The van der Waals surface area contributed by atoms with Crippen molar-refractivity contribution in [1.29, 1.82) is 0 Å². The van der Waals surface area contributed by atoms with Gasteiger partial charge in [0.05, 0.1) is 6.04 Å². The average molecular weight is 227 g/mol. The van der Waals surface area contributed by atoms with Crippen molar-refractivity contribution in [1.82, 2.24) is 15.1 Å². The monoisotopic (exact) mass is 227 g/mol. The molecule has 1 N–H and O–H groups in total. The van der Waals surface area contributed by atoms with E-state index in [1.54, 1.807) is 0 Å². The minimum absolute atomic E-state index is 0.0710. The topological polar surface area (TPSA) is 35.6 Å². The number of likely N-dealkylation sites (N-methyl/N-ethyl adjacent to an activating group) is 1. The molecule has 0 aromatic heterocycles. The molecular formula is C12H25N3O. The van der Waals surface area contributed by atoms with Crippen molar-refractivity contribution in [3.8, 4) is 0 Å². The fourth-order valence-corrected chi connectivity index (χ4v) is 2.13. The molecule has 0 radical (unpaired) electrons. The van der Waals surface area contributed by atoms with Gasteiger partial charge in [0.1, 0.15) is 0 Å². The Balaban J connectivity index is 2.09. The fraction of sp³-hybridized carbons (Fsp3) is 0.917. The summed E-state index contributed by atoms with van der Waals surface area (Å²) in [5.74, 6) is 0.253. The van der Waals surface area contributed by atoms with Gasteiger partial charge in [-0.05, 0) is 39.0 Å². The van der Waals surface area contributed by atoms with Crippen molar-refractivity contribution in [3.63, 3.8) is 0 Å². The standard InChI is InChI=1S/C12H25N3O/c1-4-15(5-2)9-6-8-13-11-7-10-14(3)12(11)16/h11,13H,4-10H2,1-3H3. The lowest BCUT2D eigenvalue weighted by atomic mass is 10.2. The summed E-state index contributed by atoms with van der Waals surface area (Å²) in [4.78, 5) is 15.8. The Hall–Kier alpha value is -0.610. The Morgan fingerprint density at radius 2 is 2.12 bits per heavy atom. The molecule has 0 aromatic rings. The van der Waals surface area contributed by atoms with Crippen LogP contribution in [0.4, 0.5) is 0 Å². The second-order valence-corrected chi connectivity index (χ2v) is 4.44. The number of rotatable bonds is 7. The van der Waals surface area contributed by atoms with Crippen LogP contribution in [0.2, 0.25) is 0 Å². The number of nitrogens with zero attached hydrogens (tertiary/aromatic N) is 2. The summed E-state index contributed by atoms with van der Waals surface area (Å²) in [5, 5.41) is 3.35. The molecule has 1 atom stereocenters. The van der Waals surface area contributed by atoms with Gasteiger partial charge >= 0.3 is 0 Å². The lowest BCUT2D eigenvalue weighted by molar-refractivity contribution is -0.128. The number of hydrogen-bond donors (Lipinski definition) is 1. The largest absolute Gasteiger partial charge is 0.344 e.